The molecule has 1 rings (SSSR count). The third kappa shape index (κ3) is 3.74. The highest BCUT2D eigenvalue weighted by Gasteiger charge is 2.25. The molecule has 106 valence electrons. The van der Waals surface area contributed by atoms with Crippen LogP contribution in [0.1, 0.15) is 43.5 Å². The quantitative estimate of drug-likeness (QED) is 0.858. The number of hydrogen-bond donors (Lipinski definition) is 2. The third-order valence-electron chi connectivity index (χ3n) is 3.36. The van der Waals surface area contributed by atoms with Crippen LogP contribution in [0.2, 0.25) is 0 Å². The molecular weight excluding hydrogens is 248 g/mol. The maximum absolute atomic E-state index is 11.9. The number of hydrogen-bond acceptors (Lipinski definition) is 3. The zero-order valence-corrected chi connectivity index (χ0v) is 11.7. The molecule has 2 N–H and O–H groups in total. The molecule has 0 unspecified atom stereocenters. The van der Waals surface area contributed by atoms with Crippen LogP contribution in [-0.4, -0.2) is 34.6 Å². The summed E-state index contributed by atoms with van der Waals surface area (Å²) < 4.78 is 5.05. The molecule has 0 atom stereocenters. The van der Waals surface area contributed by atoms with Crippen LogP contribution in [0, 0.1) is 0 Å². The van der Waals surface area contributed by atoms with Crippen molar-refractivity contribution in [3.8, 4) is 0 Å². The van der Waals surface area contributed by atoms with Crippen molar-refractivity contribution >= 4 is 12.0 Å². The Labute approximate surface area is 112 Å². The summed E-state index contributed by atoms with van der Waals surface area (Å²) in [6, 6.07) is 2.68. The SMILES string of the molecule is CCC(C)(C)N(C)C(=O)NCc1ccc(C(=O)O)o1. The van der Waals surface area contributed by atoms with E-state index in [-0.39, 0.29) is 23.9 Å². The van der Waals surface area contributed by atoms with E-state index in [4.69, 9.17) is 9.52 Å². The highest BCUT2D eigenvalue weighted by molar-refractivity contribution is 5.84. The molecule has 1 heterocycles. The van der Waals surface area contributed by atoms with Gasteiger partial charge in [0.2, 0.25) is 5.76 Å². The first-order valence-corrected chi connectivity index (χ1v) is 6.11. The van der Waals surface area contributed by atoms with Crippen molar-refractivity contribution in [2.75, 3.05) is 7.05 Å². The molecule has 0 fully saturated rings. The summed E-state index contributed by atoms with van der Waals surface area (Å²) in [5.41, 5.74) is -0.237. The lowest BCUT2D eigenvalue weighted by Crippen LogP contribution is -2.49. The second-order valence-electron chi connectivity index (χ2n) is 4.95. The molecule has 1 aromatic heterocycles. The summed E-state index contributed by atoms with van der Waals surface area (Å²) in [4.78, 5) is 24.2. The fraction of sp³-hybridized carbons (Fsp3) is 0.538. The first-order valence-electron chi connectivity index (χ1n) is 6.11. The molecular formula is C13H20N2O4. The molecule has 0 aliphatic carbocycles. The molecule has 0 aliphatic heterocycles. The van der Waals surface area contributed by atoms with E-state index in [1.807, 2.05) is 20.8 Å². The molecule has 0 aliphatic rings. The van der Waals surface area contributed by atoms with Gasteiger partial charge in [-0.05, 0) is 32.4 Å². The second kappa shape index (κ2) is 5.77. The Kier molecular flexibility index (Phi) is 4.58. The standard InChI is InChI=1S/C13H20N2O4/c1-5-13(2,3)15(4)12(18)14-8-9-6-7-10(19-9)11(16)17/h6-7H,5,8H2,1-4H3,(H,14,18)(H,16,17). The summed E-state index contributed by atoms with van der Waals surface area (Å²) in [5, 5.41) is 11.4. The Morgan fingerprint density at radius 2 is 2.05 bits per heavy atom. The minimum atomic E-state index is -1.12. The highest BCUT2D eigenvalue weighted by atomic mass is 16.4. The minimum absolute atomic E-state index is 0.133. The third-order valence-corrected chi connectivity index (χ3v) is 3.36. The Morgan fingerprint density at radius 3 is 2.53 bits per heavy atom. The topological polar surface area (TPSA) is 82.8 Å². The summed E-state index contributed by atoms with van der Waals surface area (Å²) >= 11 is 0. The van der Waals surface area contributed by atoms with E-state index >= 15 is 0 Å². The van der Waals surface area contributed by atoms with Crippen molar-refractivity contribution in [3.63, 3.8) is 0 Å². The molecule has 0 spiro atoms. The molecule has 0 saturated heterocycles. The van der Waals surface area contributed by atoms with Crippen molar-refractivity contribution in [1.82, 2.24) is 10.2 Å². The van der Waals surface area contributed by atoms with Crippen LogP contribution in [0.15, 0.2) is 16.5 Å². The predicted octanol–water partition coefficient (Wildman–Crippen LogP) is 2.31. The average molecular weight is 268 g/mol. The van der Waals surface area contributed by atoms with E-state index in [1.165, 1.54) is 12.1 Å². The van der Waals surface area contributed by atoms with Gasteiger partial charge in [-0.3, -0.25) is 0 Å². The van der Waals surface area contributed by atoms with Gasteiger partial charge in [0.15, 0.2) is 0 Å². The first-order chi connectivity index (χ1) is 8.77. The number of aromatic carboxylic acids is 1. The summed E-state index contributed by atoms with van der Waals surface area (Å²) in [7, 11) is 1.73. The first kappa shape index (κ1) is 15.1. The Balaban J connectivity index is 2.56. The fourth-order valence-corrected chi connectivity index (χ4v) is 1.38. The van der Waals surface area contributed by atoms with Crippen LogP contribution in [0.4, 0.5) is 4.79 Å². The number of carbonyl (C=O) groups is 2. The lowest BCUT2D eigenvalue weighted by atomic mass is 10.0. The van der Waals surface area contributed by atoms with E-state index in [9.17, 15) is 9.59 Å². The van der Waals surface area contributed by atoms with Gasteiger partial charge < -0.3 is 19.7 Å². The van der Waals surface area contributed by atoms with Gasteiger partial charge in [0.1, 0.15) is 5.76 Å². The van der Waals surface area contributed by atoms with Crippen LogP contribution in [0.5, 0.6) is 0 Å². The smallest absolute Gasteiger partial charge is 0.371 e. The largest absolute Gasteiger partial charge is 0.475 e. The lowest BCUT2D eigenvalue weighted by Gasteiger charge is -2.34. The molecule has 0 bridgehead atoms. The second-order valence-corrected chi connectivity index (χ2v) is 4.95. The monoisotopic (exact) mass is 268 g/mol. The molecule has 19 heavy (non-hydrogen) atoms. The number of nitrogens with zero attached hydrogens (tertiary/aromatic N) is 1. The number of furan rings is 1. The molecule has 0 radical (unpaired) electrons. The van der Waals surface area contributed by atoms with Gasteiger partial charge in [-0.2, -0.15) is 0 Å². The minimum Gasteiger partial charge on any atom is -0.475 e. The van der Waals surface area contributed by atoms with E-state index < -0.39 is 5.97 Å². The van der Waals surface area contributed by atoms with E-state index in [1.54, 1.807) is 11.9 Å². The molecule has 1 aromatic rings. The van der Waals surface area contributed by atoms with Crippen LogP contribution in [0.3, 0.4) is 0 Å². The summed E-state index contributed by atoms with van der Waals surface area (Å²) in [6.45, 7) is 6.12. The van der Waals surface area contributed by atoms with Crippen molar-refractivity contribution in [2.24, 2.45) is 0 Å². The van der Waals surface area contributed by atoms with E-state index in [2.05, 4.69) is 5.32 Å². The maximum atomic E-state index is 11.9. The molecule has 2 amide bonds. The van der Waals surface area contributed by atoms with Gasteiger partial charge in [0, 0.05) is 12.6 Å². The zero-order chi connectivity index (χ0) is 14.6. The number of rotatable bonds is 5. The fourth-order valence-electron chi connectivity index (χ4n) is 1.38. The number of urea groups is 1. The number of carboxylic acid groups (broad SMARTS) is 1. The van der Waals surface area contributed by atoms with Crippen LogP contribution < -0.4 is 5.32 Å². The van der Waals surface area contributed by atoms with Gasteiger partial charge in [-0.15, -0.1) is 0 Å². The number of nitrogens with one attached hydrogen (secondary N) is 1. The van der Waals surface area contributed by atoms with Gasteiger partial charge >= 0.3 is 12.0 Å². The Morgan fingerprint density at radius 1 is 1.42 bits per heavy atom. The number of carboxylic acids is 1. The molecule has 6 nitrogen and oxygen atoms in total. The van der Waals surface area contributed by atoms with Crippen LogP contribution in [-0.2, 0) is 6.54 Å². The van der Waals surface area contributed by atoms with Crippen LogP contribution >= 0.6 is 0 Å². The zero-order valence-electron chi connectivity index (χ0n) is 11.7. The highest BCUT2D eigenvalue weighted by Crippen LogP contribution is 2.16. The average Bonchev–Trinajstić information content (AvgIpc) is 2.83. The Bertz CT molecular complexity index is 465. The van der Waals surface area contributed by atoms with Gasteiger partial charge in [-0.1, -0.05) is 6.92 Å². The number of amides is 2. The molecule has 6 heteroatoms. The van der Waals surface area contributed by atoms with Crippen molar-refractivity contribution in [3.05, 3.63) is 23.7 Å². The predicted molar refractivity (Wildman–Crippen MR) is 70.0 cm³/mol. The Hall–Kier alpha value is -1.98. The maximum Gasteiger partial charge on any atom is 0.371 e. The normalized spacial score (nSPS) is 11.2. The lowest BCUT2D eigenvalue weighted by molar-refractivity contribution is 0.0660. The number of carbonyl (C=O) groups excluding carboxylic acids is 1. The summed E-state index contributed by atoms with van der Waals surface area (Å²) in [6.07, 6.45) is 0.834. The van der Waals surface area contributed by atoms with Gasteiger partial charge in [-0.25, -0.2) is 9.59 Å². The van der Waals surface area contributed by atoms with E-state index in [0.717, 1.165) is 6.42 Å². The van der Waals surface area contributed by atoms with Gasteiger partial charge in [0.05, 0.1) is 6.54 Å². The van der Waals surface area contributed by atoms with E-state index in [0.29, 0.717) is 5.76 Å². The van der Waals surface area contributed by atoms with Crippen LogP contribution in [0.25, 0.3) is 0 Å². The van der Waals surface area contributed by atoms with Gasteiger partial charge in [0.25, 0.3) is 0 Å². The molecule has 0 saturated carbocycles. The summed E-state index contributed by atoms with van der Waals surface area (Å²) in [5.74, 6) is -0.846. The molecule has 0 aromatic carbocycles. The van der Waals surface area contributed by atoms with Crippen molar-refractivity contribution in [1.29, 1.82) is 0 Å². The van der Waals surface area contributed by atoms with Crippen molar-refractivity contribution < 1.29 is 19.1 Å². The van der Waals surface area contributed by atoms with Crippen molar-refractivity contribution in [2.45, 2.75) is 39.3 Å².